The van der Waals surface area contributed by atoms with E-state index >= 15 is 0 Å². The van der Waals surface area contributed by atoms with Crippen LogP contribution in [0, 0.1) is 6.92 Å². The number of carboxylic acids is 1. The van der Waals surface area contributed by atoms with Crippen LogP contribution in [0.25, 0.3) is 0 Å². The summed E-state index contributed by atoms with van der Waals surface area (Å²) in [5.41, 5.74) is 1.03. The van der Waals surface area contributed by atoms with E-state index in [-0.39, 0.29) is 18.9 Å². The van der Waals surface area contributed by atoms with Crippen LogP contribution in [0.1, 0.15) is 24.0 Å². The lowest BCUT2D eigenvalue weighted by molar-refractivity contribution is -0.146. The lowest BCUT2D eigenvalue weighted by atomic mass is 9.99. The Morgan fingerprint density at radius 1 is 1.21 bits per heavy atom. The number of amides is 2. The van der Waals surface area contributed by atoms with Crippen LogP contribution < -0.4 is 10.6 Å². The Morgan fingerprint density at radius 2 is 1.92 bits per heavy atom. The molecule has 0 aromatic heterocycles. The second kappa shape index (κ2) is 8.19. The van der Waals surface area contributed by atoms with E-state index < -0.39 is 17.4 Å². The van der Waals surface area contributed by atoms with Crippen LogP contribution in [0.3, 0.4) is 0 Å². The molecule has 1 unspecified atom stereocenters. The molecule has 2 rings (SSSR count). The molecule has 7 heteroatoms. The molecule has 1 aromatic carbocycles. The molecular formula is C17H22N2O4S. The highest BCUT2D eigenvalue weighted by molar-refractivity contribution is 7.99. The zero-order valence-corrected chi connectivity index (χ0v) is 14.4. The number of carbonyl (C=O) groups is 3. The van der Waals surface area contributed by atoms with Crippen molar-refractivity contribution in [2.75, 3.05) is 18.1 Å². The minimum Gasteiger partial charge on any atom is -0.479 e. The van der Waals surface area contributed by atoms with Crippen molar-refractivity contribution in [1.29, 1.82) is 0 Å². The molecule has 130 valence electrons. The van der Waals surface area contributed by atoms with Crippen LogP contribution >= 0.6 is 11.8 Å². The molecule has 1 atom stereocenters. The Kier molecular flexibility index (Phi) is 6.25. The summed E-state index contributed by atoms with van der Waals surface area (Å²) in [6, 6.07) is 7.94. The summed E-state index contributed by atoms with van der Waals surface area (Å²) in [7, 11) is 0. The SMILES string of the molecule is Cc1ccc(CCC(=O)NCC(=O)NC2(C(=O)O)CCSC2)cc1. The standard InChI is InChI=1S/C17H22N2O4S/c1-12-2-4-13(5-3-12)6-7-14(20)18-10-15(21)19-17(16(22)23)8-9-24-11-17/h2-5H,6-11H2,1H3,(H,18,20)(H,19,21)(H,22,23). The molecule has 0 aliphatic carbocycles. The van der Waals surface area contributed by atoms with Crippen molar-refractivity contribution < 1.29 is 19.5 Å². The maximum absolute atomic E-state index is 11.9. The van der Waals surface area contributed by atoms with Crippen molar-refractivity contribution in [2.24, 2.45) is 0 Å². The fraction of sp³-hybridized carbons (Fsp3) is 0.471. The van der Waals surface area contributed by atoms with E-state index in [0.717, 1.165) is 11.1 Å². The average Bonchev–Trinajstić information content (AvgIpc) is 3.02. The lowest BCUT2D eigenvalue weighted by Crippen LogP contribution is -2.56. The molecule has 1 saturated heterocycles. The fourth-order valence-electron chi connectivity index (χ4n) is 2.48. The first-order valence-corrected chi connectivity index (χ1v) is 9.01. The van der Waals surface area contributed by atoms with Gasteiger partial charge in [0.1, 0.15) is 5.54 Å². The van der Waals surface area contributed by atoms with Crippen molar-refractivity contribution in [2.45, 2.75) is 31.7 Å². The number of hydrogen-bond donors (Lipinski definition) is 3. The molecule has 6 nitrogen and oxygen atoms in total. The Balaban J connectivity index is 1.73. The predicted octanol–water partition coefficient (Wildman–Crippen LogP) is 1.12. The van der Waals surface area contributed by atoms with Crippen molar-refractivity contribution in [3.63, 3.8) is 0 Å². The Morgan fingerprint density at radius 3 is 2.50 bits per heavy atom. The summed E-state index contributed by atoms with van der Waals surface area (Å²) in [5, 5.41) is 14.4. The summed E-state index contributed by atoms with van der Waals surface area (Å²) in [6.45, 7) is 1.80. The number of carboxylic acid groups (broad SMARTS) is 1. The van der Waals surface area contributed by atoms with Crippen LogP contribution in [0.5, 0.6) is 0 Å². The molecule has 1 fully saturated rings. The maximum atomic E-state index is 11.9. The highest BCUT2D eigenvalue weighted by Crippen LogP contribution is 2.28. The van der Waals surface area contributed by atoms with E-state index in [1.807, 2.05) is 31.2 Å². The van der Waals surface area contributed by atoms with Gasteiger partial charge in [-0.1, -0.05) is 29.8 Å². The molecule has 0 saturated carbocycles. The Labute approximate surface area is 145 Å². The van der Waals surface area contributed by atoms with Gasteiger partial charge in [0.2, 0.25) is 11.8 Å². The van der Waals surface area contributed by atoms with Gasteiger partial charge >= 0.3 is 5.97 Å². The van der Waals surface area contributed by atoms with Crippen LogP contribution in [-0.4, -0.2) is 46.5 Å². The number of hydrogen-bond acceptors (Lipinski definition) is 4. The highest BCUT2D eigenvalue weighted by atomic mass is 32.2. The third-order valence-electron chi connectivity index (χ3n) is 4.02. The van der Waals surface area contributed by atoms with E-state index in [9.17, 15) is 19.5 Å². The van der Waals surface area contributed by atoms with Crippen molar-refractivity contribution in [3.8, 4) is 0 Å². The number of carbonyl (C=O) groups excluding carboxylic acids is 2. The molecule has 0 spiro atoms. The molecule has 0 bridgehead atoms. The smallest absolute Gasteiger partial charge is 0.330 e. The molecule has 1 aliphatic rings. The van der Waals surface area contributed by atoms with E-state index in [0.29, 0.717) is 24.3 Å². The second-order valence-corrected chi connectivity index (χ2v) is 7.11. The third kappa shape index (κ3) is 4.99. The Bertz CT molecular complexity index is 610. The molecule has 1 aliphatic heterocycles. The van der Waals surface area contributed by atoms with Gasteiger partial charge in [0, 0.05) is 12.2 Å². The lowest BCUT2D eigenvalue weighted by Gasteiger charge is -2.24. The summed E-state index contributed by atoms with van der Waals surface area (Å²) in [4.78, 5) is 35.1. The van der Waals surface area contributed by atoms with Crippen molar-refractivity contribution >= 4 is 29.5 Å². The number of nitrogens with one attached hydrogen (secondary N) is 2. The van der Waals surface area contributed by atoms with Crippen LogP contribution in [-0.2, 0) is 20.8 Å². The number of benzene rings is 1. The molecule has 1 aromatic rings. The van der Waals surface area contributed by atoms with Gasteiger partial charge in [-0.25, -0.2) is 4.79 Å². The van der Waals surface area contributed by atoms with E-state index in [4.69, 9.17) is 0 Å². The monoisotopic (exact) mass is 350 g/mol. The van der Waals surface area contributed by atoms with Crippen LogP contribution in [0.2, 0.25) is 0 Å². The van der Waals surface area contributed by atoms with Gasteiger partial charge in [-0.15, -0.1) is 0 Å². The predicted molar refractivity (Wildman–Crippen MR) is 93.0 cm³/mol. The van der Waals surface area contributed by atoms with Crippen LogP contribution in [0.15, 0.2) is 24.3 Å². The van der Waals surface area contributed by atoms with E-state index in [2.05, 4.69) is 10.6 Å². The first-order chi connectivity index (χ1) is 11.4. The van der Waals surface area contributed by atoms with Crippen molar-refractivity contribution in [1.82, 2.24) is 10.6 Å². The van der Waals surface area contributed by atoms with Gasteiger partial charge in [0.05, 0.1) is 6.54 Å². The summed E-state index contributed by atoms with van der Waals surface area (Å²) < 4.78 is 0. The fourth-order valence-corrected chi connectivity index (χ4v) is 3.80. The number of rotatable bonds is 7. The van der Waals surface area contributed by atoms with Gasteiger partial charge in [0.25, 0.3) is 0 Å². The minimum absolute atomic E-state index is 0.202. The van der Waals surface area contributed by atoms with Gasteiger partial charge in [0.15, 0.2) is 0 Å². The molecule has 3 N–H and O–H groups in total. The highest BCUT2D eigenvalue weighted by Gasteiger charge is 2.43. The number of thioether (sulfide) groups is 1. The normalized spacial score (nSPS) is 19.7. The average molecular weight is 350 g/mol. The van der Waals surface area contributed by atoms with E-state index in [1.54, 1.807) is 0 Å². The molecular weight excluding hydrogens is 328 g/mol. The Hall–Kier alpha value is -2.02. The first-order valence-electron chi connectivity index (χ1n) is 7.86. The largest absolute Gasteiger partial charge is 0.479 e. The van der Waals surface area contributed by atoms with Crippen LogP contribution in [0.4, 0.5) is 0 Å². The zero-order chi connectivity index (χ0) is 17.6. The summed E-state index contributed by atoms with van der Waals surface area (Å²) in [6.07, 6.45) is 1.29. The zero-order valence-electron chi connectivity index (χ0n) is 13.6. The van der Waals surface area contributed by atoms with Crippen molar-refractivity contribution in [3.05, 3.63) is 35.4 Å². The third-order valence-corrected chi connectivity index (χ3v) is 5.21. The maximum Gasteiger partial charge on any atom is 0.330 e. The van der Waals surface area contributed by atoms with Gasteiger partial charge in [-0.2, -0.15) is 11.8 Å². The molecule has 2 amide bonds. The molecule has 1 heterocycles. The van der Waals surface area contributed by atoms with Gasteiger partial charge < -0.3 is 15.7 Å². The van der Waals surface area contributed by atoms with Gasteiger partial charge in [-0.05, 0) is 31.1 Å². The van der Waals surface area contributed by atoms with E-state index in [1.165, 1.54) is 11.8 Å². The quantitative estimate of drug-likeness (QED) is 0.685. The molecule has 24 heavy (non-hydrogen) atoms. The molecule has 0 radical (unpaired) electrons. The topological polar surface area (TPSA) is 95.5 Å². The second-order valence-electron chi connectivity index (χ2n) is 6.00. The number of aliphatic carboxylic acids is 1. The first kappa shape index (κ1) is 18.3. The summed E-state index contributed by atoms with van der Waals surface area (Å²) in [5.74, 6) is -0.656. The summed E-state index contributed by atoms with van der Waals surface area (Å²) >= 11 is 1.50. The number of aryl methyl sites for hydroxylation is 2. The minimum atomic E-state index is -1.20. The van der Waals surface area contributed by atoms with Gasteiger partial charge in [-0.3, -0.25) is 9.59 Å².